The first kappa shape index (κ1) is 17.3. The highest BCUT2D eigenvalue weighted by Gasteiger charge is 2.43. The molecule has 0 atom stereocenters. The van der Waals surface area contributed by atoms with Gasteiger partial charge < -0.3 is 14.2 Å². The first-order valence-electron chi connectivity index (χ1n) is 9.14. The zero-order chi connectivity index (χ0) is 16.8. The summed E-state index contributed by atoms with van der Waals surface area (Å²) in [5.74, 6) is 1.35. The lowest BCUT2D eigenvalue weighted by molar-refractivity contribution is -0.151. The van der Waals surface area contributed by atoms with E-state index in [9.17, 15) is 4.79 Å². The van der Waals surface area contributed by atoms with Crippen LogP contribution in [-0.4, -0.2) is 32.9 Å². The molecule has 1 aromatic rings. The minimum atomic E-state index is -0.600. The van der Waals surface area contributed by atoms with Crippen LogP contribution in [0.4, 0.5) is 0 Å². The van der Waals surface area contributed by atoms with Crippen LogP contribution >= 0.6 is 0 Å². The summed E-state index contributed by atoms with van der Waals surface area (Å²) in [6.45, 7) is 1.95. The second kappa shape index (κ2) is 8.02. The molecule has 4 heteroatoms. The summed E-state index contributed by atoms with van der Waals surface area (Å²) in [5, 5.41) is 0. The van der Waals surface area contributed by atoms with Crippen LogP contribution in [0, 0.1) is 5.92 Å². The summed E-state index contributed by atoms with van der Waals surface area (Å²) in [6.07, 6.45) is 7.85. The van der Waals surface area contributed by atoms with Crippen molar-refractivity contribution in [2.75, 3.05) is 26.9 Å². The maximum atomic E-state index is 12.5. The van der Waals surface area contributed by atoms with Crippen LogP contribution < -0.4 is 4.74 Å². The maximum absolute atomic E-state index is 12.5. The van der Waals surface area contributed by atoms with Gasteiger partial charge in [-0.3, -0.25) is 4.79 Å². The number of methoxy groups -OCH3 is 1. The summed E-state index contributed by atoms with van der Waals surface area (Å²) in [4.78, 5) is 12.5. The predicted octanol–water partition coefficient (Wildman–Crippen LogP) is 3.87. The van der Waals surface area contributed by atoms with Crippen LogP contribution in [0.5, 0.6) is 5.75 Å². The van der Waals surface area contributed by atoms with Gasteiger partial charge in [-0.25, -0.2) is 0 Å². The molecular formula is C20H28O4. The van der Waals surface area contributed by atoms with Gasteiger partial charge in [-0.1, -0.05) is 31.4 Å². The number of ether oxygens (including phenoxy) is 3. The SMILES string of the molecule is COC(=O)C1(c2cccc(OCC3CCCCC3)c2)CCOCC1. The van der Waals surface area contributed by atoms with Gasteiger partial charge in [0.05, 0.1) is 19.1 Å². The molecule has 0 unspecified atom stereocenters. The molecule has 1 heterocycles. The fourth-order valence-electron chi connectivity index (χ4n) is 3.98. The van der Waals surface area contributed by atoms with E-state index in [4.69, 9.17) is 14.2 Å². The summed E-state index contributed by atoms with van der Waals surface area (Å²) in [6, 6.07) is 7.99. The van der Waals surface area contributed by atoms with E-state index in [1.807, 2.05) is 24.3 Å². The van der Waals surface area contributed by atoms with Crippen molar-refractivity contribution in [1.29, 1.82) is 0 Å². The molecule has 1 aliphatic heterocycles. The zero-order valence-corrected chi connectivity index (χ0v) is 14.6. The van der Waals surface area contributed by atoms with E-state index >= 15 is 0 Å². The lowest BCUT2D eigenvalue weighted by atomic mass is 9.74. The fraction of sp³-hybridized carbons (Fsp3) is 0.650. The molecule has 0 aromatic heterocycles. The highest BCUT2D eigenvalue weighted by atomic mass is 16.5. The van der Waals surface area contributed by atoms with Crippen LogP contribution in [0.1, 0.15) is 50.5 Å². The Kier molecular flexibility index (Phi) is 5.77. The average Bonchev–Trinajstić information content (AvgIpc) is 2.67. The second-order valence-corrected chi connectivity index (χ2v) is 7.03. The third kappa shape index (κ3) is 3.75. The lowest BCUT2D eigenvalue weighted by Crippen LogP contribution is -2.42. The van der Waals surface area contributed by atoms with E-state index in [1.165, 1.54) is 39.2 Å². The van der Waals surface area contributed by atoms with Crippen molar-refractivity contribution in [2.45, 2.75) is 50.4 Å². The Labute approximate surface area is 144 Å². The third-order valence-corrected chi connectivity index (χ3v) is 5.52. The van der Waals surface area contributed by atoms with Gasteiger partial charge in [0.2, 0.25) is 0 Å². The largest absolute Gasteiger partial charge is 0.493 e. The molecule has 1 aliphatic carbocycles. The van der Waals surface area contributed by atoms with Gasteiger partial charge in [-0.05, 0) is 49.3 Å². The number of carbonyl (C=O) groups excluding carboxylic acids is 1. The number of esters is 1. The normalized spacial score (nSPS) is 21.2. The Morgan fingerprint density at radius 2 is 1.96 bits per heavy atom. The molecule has 0 spiro atoms. The molecule has 1 saturated heterocycles. The molecule has 2 aliphatic rings. The monoisotopic (exact) mass is 332 g/mol. The van der Waals surface area contributed by atoms with Gasteiger partial charge in [0.25, 0.3) is 0 Å². The quantitative estimate of drug-likeness (QED) is 0.768. The van der Waals surface area contributed by atoms with Crippen LogP contribution in [0.3, 0.4) is 0 Å². The van der Waals surface area contributed by atoms with E-state index in [2.05, 4.69) is 0 Å². The van der Waals surface area contributed by atoms with Crippen molar-refractivity contribution < 1.29 is 19.0 Å². The molecule has 1 aromatic carbocycles. The Hall–Kier alpha value is -1.55. The maximum Gasteiger partial charge on any atom is 0.316 e. The molecule has 0 amide bonds. The average molecular weight is 332 g/mol. The van der Waals surface area contributed by atoms with Crippen molar-refractivity contribution >= 4 is 5.97 Å². The fourth-order valence-corrected chi connectivity index (χ4v) is 3.98. The Balaban J connectivity index is 1.73. The van der Waals surface area contributed by atoms with E-state index in [0.29, 0.717) is 32.0 Å². The van der Waals surface area contributed by atoms with Gasteiger partial charge in [-0.15, -0.1) is 0 Å². The summed E-state index contributed by atoms with van der Waals surface area (Å²) in [5.41, 5.74) is 0.385. The number of rotatable bonds is 5. The van der Waals surface area contributed by atoms with Gasteiger partial charge in [-0.2, -0.15) is 0 Å². The first-order chi connectivity index (χ1) is 11.7. The standard InChI is InChI=1S/C20H28O4/c1-22-19(21)20(10-12-23-13-11-20)17-8-5-9-18(14-17)24-15-16-6-3-2-4-7-16/h5,8-9,14,16H,2-4,6-7,10-13,15H2,1H3. The summed E-state index contributed by atoms with van der Waals surface area (Å²) in [7, 11) is 1.46. The van der Waals surface area contributed by atoms with Crippen molar-refractivity contribution in [3.63, 3.8) is 0 Å². The van der Waals surface area contributed by atoms with Crippen LogP contribution in [-0.2, 0) is 19.7 Å². The van der Waals surface area contributed by atoms with Gasteiger partial charge >= 0.3 is 5.97 Å². The van der Waals surface area contributed by atoms with E-state index in [-0.39, 0.29) is 5.97 Å². The number of carbonyl (C=O) groups is 1. The molecule has 0 N–H and O–H groups in total. The lowest BCUT2D eigenvalue weighted by Gasteiger charge is -2.35. The Morgan fingerprint density at radius 1 is 1.21 bits per heavy atom. The minimum Gasteiger partial charge on any atom is -0.493 e. The Bertz CT molecular complexity index is 542. The molecule has 3 rings (SSSR count). The third-order valence-electron chi connectivity index (χ3n) is 5.52. The molecule has 2 fully saturated rings. The van der Waals surface area contributed by atoms with Gasteiger partial charge in [0, 0.05) is 13.2 Å². The number of benzene rings is 1. The van der Waals surface area contributed by atoms with E-state index in [0.717, 1.165) is 17.9 Å². The van der Waals surface area contributed by atoms with Crippen molar-refractivity contribution in [2.24, 2.45) is 5.92 Å². The van der Waals surface area contributed by atoms with Crippen molar-refractivity contribution in [1.82, 2.24) is 0 Å². The second-order valence-electron chi connectivity index (χ2n) is 7.03. The predicted molar refractivity (Wildman–Crippen MR) is 92.3 cm³/mol. The van der Waals surface area contributed by atoms with Crippen LogP contribution in [0.2, 0.25) is 0 Å². The summed E-state index contributed by atoms with van der Waals surface area (Å²) >= 11 is 0. The molecule has 0 bridgehead atoms. The van der Waals surface area contributed by atoms with Crippen LogP contribution in [0.25, 0.3) is 0 Å². The highest BCUT2D eigenvalue weighted by Crippen LogP contribution is 2.37. The first-order valence-corrected chi connectivity index (χ1v) is 9.14. The number of hydrogen-bond acceptors (Lipinski definition) is 4. The van der Waals surface area contributed by atoms with Gasteiger partial charge in [0.15, 0.2) is 0 Å². The van der Waals surface area contributed by atoms with Crippen molar-refractivity contribution in [3.8, 4) is 5.75 Å². The molecule has 1 saturated carbocycles. The van der Waals surface area contributed by atoms with E-state index < -0.39 is 5.41 Å². The minimum absolute atomic E-state index is 0.171. The number of hydrogen-bond donors (Lipinski definition) is 0. The molecule has 24 heavy (non-hydrogen) atoms. The van der Waals surface area contributed by atoms with Gasteiger partial charge in [0.1, 0.15) is 5.75 Å². The molecule has 132 valence electrons. The smallest absolute Gasteiger partial charge is 0.316 e. The van der Waals surface area contributed by atoms with E-state index in [1.54, 1.807) is 0 Å². The Morgan fingerprint density at radius 3 is 2.67 bits per heavy atom. The molecule has 4 nitrogen and oxygen atoms in total. The van der Waals surface area contributed by atoms with Crippen LogP contribution in [0.15, 0.2) is 24.3 Å². The summed E-state index contributed by atoms with van der Waals surface area (Å²) < 4.78 is 16.6. The molecule has 0 radical (unpaired) electrons. The molecular weight excluding hydrogens is 304 g/mol. The van der Waals surface area contributed by atoms with Crippen molar-refractivity contribution in [3.05, 3.63) is 29.8 Å². The topological polar surface area (TPSA) is 44.8 Å². The zero-order valence-electron chi connectivity index (χ0n) is 14.6. The highest BCUT2D eigenvalue weighted by molar-refractivity contribution is 5.83.